The molecule has 1 amide bonds. The first kappa shape index (κ1) is 25.4. The summed E-state index contributed by atoms with van der Waals surface area (Å²) in [4.78, 5) is 21.0. The van der Waals surface area contributed by atoms with E-state index in [4.69, 9.17) is 10.7 Å². The van der Waals surface area contributed by atoms with Crippen LogP contribution in [0.2, 0.25) is 0 Å². The Morgan fingerprint density at radius 3 is 2.22 bits per heavy atom. The summed E-state index contributed by atoms with van der Waals surface area (Å²) in [7, 11) is 0. The van der Waals surface area contributed by atoms with E-state index in [1.807, 2.05) is 53.4 Å². The van der Waals surface area contributed by atoms with Gasteiger partial charge in [-0.25, -0.2) is 4.98 Å². The highest BCUT2D eigenvalue weighted by molar-refractivity contribution is 5.94. The Kier molecular flexibility index (Phi) is 8.34. The lowest BCUT2D eigenvalue weighted by Gasteiger charge is -2.34. The van der Waals surface area contributed by atoms with Gasteiger partial charge in [0, 0.05) is 30.4 Å². The number of carbonyl (C=O) groups is 1. The average Bonchev–Trinajstić information content (AvgIpc) is 3.31. The quantitative estimate of drug-likeness (QED) is 0.298. The van der Waals surface area contributed by atoms with Crippen LogP contribution in [0.3, 0.4) is 0 Å². The van der Waals surface area contributed by atoms with Crippen LogP contribution in [0.1, 0.15) is 53.6 Å². The van der Waals surface area contributed by atoms with E-state index in [1.54, 1.807) is 0 Å². The summed E-state index contributed by atoms with van der Waals surface area (Å²) >= 11 is 0. The van der Waals surface area contributed by atoms with Crippen LogP contribution in [0, 0.1) is 12.8 Å². The predicted octanol–water partition coefficient (Wildman–Crippen LogP) is 6.10. The van der Waals surface area contributed by atoms with E-state index in [0.29, 0.717) is 25.2 Å². The van der Waals surface area contributed by atoms with Gasteiger partial charge in [0.25, 0.3) is 5.91 Å². The van der Waals surface area contributed by atoms with Crippen molar-refractivity contribution in [2.45, 2.75) is 39.8 Å². The molecule has 4 aromatic rings. The van der Waals surface area contributed by atoms with Gasteiger partial charge in [0.05, 0.1) is 11.7 Å². The predicted molar refractivity (Wildman–Crippen MR) is 147 cm³/mol. The van der Waals surface area contributed by atoms with Crippen molar-refractivity contribution >= 4 is 5.91 Å². The van der Waals surface area contributed by atoms with Gasteiger partial charge in [0.2, 0.25) is 0 Å². The molecule has 1 aromatic heterocycles. The third kappa shape index (κ3) is 5.74. The van der Waals surface area contributed by atoms with Crippen molar-refractivity contribution in [3.05, 3.63) is 114 Å². The molecule has 5 nitrogen and oxygen atoms in total. The number of aryl methyl sites for hydroxylation is 1. The minimum atomic E-state index is -0.203. The number of amides is 1. The van der Waals surface area contributed by atoms with Crippen LogP contribution in [-0.2, 0) is 6.54 Å². The fourth-order valence-electron chi connectivity index (χ4n) is 4.68. The fourth-order valence-corrected chi connectivity index (χ4v) is 4.68. The molecule has 186 valence electrons. The fraction of sp³-hybridized carbons (Fsp3) is 0.290. The molecular weight excluding hydrogens is 444 g/mol. The van der Waals surface area contributed by atoms with Gasteiger partial charge in [-0.05, 0) is 49.1 Å². The smallest absolute Gasteiger partial charge is 0.254 e. The third-order valence-electron chi connectivity index (χ3n) is 6.60. The van der Waals surface area contributed by atoms with Crippen molar-refractivity contribution in [1.82, 2.24) is 14.5 Å². The Morgan fingerprint density at radius 2 is 1.58 bits per heavy atom. The molecule has 0 radical (unpaired) electrons. The summed E-state index contributed by atoms with van der Waals surface area (Å²) in [6.07, 6.45) is 2.85. The Bertz CT molecular complexity index is 1260. The normalized spacial score (nSPS) is 12.0. The molecule has 0 aliphatic rings. The number of imidazole rings is 1. The summed E-state index contributed by atoms with van der Waals surface area (Å²) in [5.74, 6) is 1.06. The SMILES string of the molecule is Cc1ccccc1Cn1cc(-c2ccccc2)nc1[C@@H](C(C)C)N(CCCN)C(=O)c1ccccc1. The van der Waals surface area contributed by atoms with Crippen LogP contribution in [0.15, 0.2) is 91.1 Å². The minimum Gasteiger partial charge on any atom is -0.330 e. The molecule has 0 saturated heterocycles. The zero-order valence-electron chi connectivity index (χ0n) is 21.5. The number of rotatable bonds is 10. The zero-order chi connectivity index (χ0) is 25.5. The van der Waals surface area contributed by atoms with Crippen molar-refractivity contribution in [2.75, 3.05) is 13.1 Å². The molecule has 0 fully saturated rings. The van der Waals surface area contributed by atoms with Crippen LogP contribution in [0.4, 0.5) is 0 Å². The Hall–Kier alpha value is -3.70. The van der Waals surface area contributed by atoms with E-state index in [-0.39, 0.29) is 17.9 Å². The number of hydrogen-bond donors (Lipinski definition) is 1. The molecular formula is C31H36N4O. The number of hydrogen-bond acceptors (Lipinski definition) is 3. The maximum Gasteiger partial charge on any atom is 0.254 e. The molecule has 3 aromatic carbocycles. The second kappa shape index (κ2) is 11.8. The maximum atomic E-state index is 13.8. The number of carbonyl (C=O) groups excluding carboxylic acids is 1. The van der Waals surface area contributed by atoms with Gasteiger partial charge in [-0.1, -0.05) is 86.6 Å². The van der Waals surface area contributed by atoms with E-state index in [2.05, 4.69) is 67.9 Å². The van der Waals surface area contributed by atoms with Gasteiger partial charge in [-0.3, -0.25) is 4.79 Å². The molecule has 36 heavy (non-hydrogen) atoms. The molecule has 0 aliphatic heterocycles. The lowest BCUT2D eigenvalue weighted by Crippen LogP contribution is -2.40. The first-order valence-corrected chi connectivity index (χ1v) is 12.7. The molecule has 1 heterocycles. The van der Waals surface area contributed by atoms with Crippen LogP contribution < -0.4 is 5.73 Å². The highest BCUT2D eigenvalue weighted by atomic mass is 16.2. The van der Waals surface area contributed by atoms with E-state index < -0.39 is 0 Å². The molecule has 0 spiro atoms. The highest BCUT2D eigenvalue weighted by Gasteiger charge is 2.32. The summed E-state index contributed by atoms with van der Waals surface area (Å²) in [5, 5.41) is 0. The van der Waals surface area contributed by atoms with Crippen molar-refractivity contribution < 1.29 is 4.79 Å². The lowest BCUT2D eigenvalue weighted by molar-refractivity contribution is 0.0604. The Morgan fingerprint density at radius 1 is 0.944 bits per heavy atom. The summed E-state index contributed by atoms with van der Waals surface area (Å²) in [6, 6.07) is 28.0. The van der Waals surface area contributed by atoms with Crippen molar-refractivity contribution in [2.24, 2.45) is 11.7 Å². The number of nitrogens with two attached hydrogens (primary N) is 1. The molecule has 0 saturated carbocycles. The van der Waals surface area contributed by atoms with Gasteiger partial charge in [-0.15, -0.1) is 0 Å². The largest absolute Gasteiger partial charge is 0.330 e. The Balaban J connectivity index is 1.83. The molecule has 5 heteroatoms. The van der Waals surface area contributed by atoms with Crippen LogP contribution >= 0.6 is 0 Å². The number of nitrogens with zero attached hydrogens (tertiary/aromatic N) is 3. The van der Waals surface area contributed by atoms with E-state index in [0.717, 1.165) is 23.5 Å². The molecule has 4 rings (SSSR count). The van der Waals surface area contributed by atoms with E-state index in [1.165, 1.54) is 11.1 Å². The molecule has 0 unspecified atom stereocenters. The molecule has 1 atom stereocenters. The second-order valence-electron chi connectivity index (χ2n) is 9.60. The first-order valence-electron chi connectivity index (χ1n) is 12.7. The van der Waals surface area contributed by atoms with Gasteiger partial charge in [-0.2, -0.15) is 0 Å². The monoisotopic (exact) mass is 480 g/mol. The molecule has 0 bridgehead atoms. The first-order chi connectivity index (χ1) is 17.5. The van der Waals surface area contributed by atoms with Crippen molar-refractivity contribution in [3.63, 3.8) is 0 Å². The topological polar surface area (TPSA) is 64.2 Å². The van der Waals surface area contributed by atoms with Crippen LogP contribution in [-0.4, -0.2) is 33.4 Å². The zero-order valence-corrected chi connectivity index (χ0v) is 21.5. The second-order valence-corrected chi connectivity index (χ2v) is 9.60. The number of benzene rings is 3. The van der Waals surface area contributed by atoms with E-state index in [9.17, 15) is 4.79 Å². The van der Waals surface area contributed by atoms with Gasteiger partial charge < -0.3 is 15.2 Å². The summed E-state index contributed by atoms with van der Waals surface area (Å²) in [5.41, 5.74) is 11.0. The van der Waals surface area contributed by atoms with Crippen molar-refractivity contribution in [3.8, 4) is 11.3 Å². The van der Waals surface area contributed by atoms with Crippen molar-refractivity contribution in [1.29, 1.82) is 0 Å². The average molecular weight is 481 g/mol. The highest BCUT2D eigenvalue weighted by Crippen LogP contribution is 2.32. The number of aromatic nitrogens is 2. The van der Waals surface area contributed by atoms with Gasteiger partial charge in [0.15, 0.2) is 0 Å². The van der Waals surface area contributed by atoms with E-state index >= 15 is 0 Å². The lowest BCUT2D eigenvalue weighted by atomic mass is 9.99. The molecule has 2 N–H and O–H groups in total. The molecule has 0 aliphatic carbocycles. The van der Waals surface area contributed by atoms with Crippen LogP contribution in [0.5, 0.6) is 0 Å². The minimum absolute atomic E-state index is 0.00875. The third-order valence-corrected chi connectivity index (χ3v) is 6.60. The summed E-state index contributed by atoms with van der Waals surface area (Å²) < 4.78 is 2.23. The Labute approximate surface area is 214 Å². The van der Waals surface area contributed by atoms with Gasteiger partial charge in [0.1, 0.15) is 5.82 Å². The van der Waals surface area contributed by atoms with Crippen LogP contribution in [0.25, 0.3) is 11.3 Å². The standard InChI is InChI=1S/C31H36N4O/c1-23(2)29(35(20-12-19-32)31(36)26-16-8-5-9-17-26)30-33-28(25-14-6-4-7-15-25)22-34(30)21-27-18-11-10-13-24(27)3/h4-11,13-18,22-23,29H,12,19-21,32H2,1-3H3/t29-/m1/s1. The van der Waals surface area contributed by atoms with Gasteiger partial charge >= 0.3 is 0 Å². The maximum absolute atomic E-state index is 13.8. The summed E-state index contributed by atoms with van der Waals surface area (Å²) in [6.45, 7) is 8.24.